The van der Waals surface area contributed by atoms with Crippen molar-refractivity contribution in [2.45, 2.75) is 38.1 Å². The number of carbonyl (C=O) groups excluding carboxylic acids is 2. The van der Waals surface area contributed by atoms with Gasteiger partial charge in [-0.3, -0.25) is 9.59 Å². The summed E-state index contributed by atoms with van der Waals surface area (Å²) >= 11 is 0. The molecular formula is C24H28F2N2O3. The topological polar surface area (TPSA) is 67.4 Å². The van der Waals surface area contributed by atoms with Gasteiger partial charge in [0.2, 0.25) is 5.91 Å². The van der Waals surface area contributed by atoms with Crippen LogP contribution in [0.25, 0.3) is 0 Å². The molecule has 0 aliphatic carbocycles. The Hall–Kier alpha value is -2.80. The van der Waals surface area contributed by atoms with Crippen molar-refractivity contribution in [1.29, 1.82) is 0 Å². The molecule has 2 N–H and O–H groups in total. The molecule has 5 nitrogen and oxygen atoms in total. The normalized spacial score (nSPS) is 16.5. The van der Waals surface area contributed by atoms with Crippen molar-refractivity contribution >= 4 is 11.8 Å². The minimum absolute atomic E-state index is 0.266. The molecule has 0 aromatic heterocycles. The fourth-order valence-electron chi connectivity index (χ4n) is 3.95. The van der Waals surface area contributed by atoms with E-state index in [-0.39, 0.29) is 17.2 Å². The van der Waals surface area contributed by atoms with Crippen molar-refractivity contribution in [2.24, 2.45) is 5.92 Å². The first-order valence-corrected chi connectivity index (χ1v) is 10.5. The van der Waals surface area contributed by atoms with Gasteiger partial charge in [-0.1, -0.05) is 50.2 Å². The number of amides is 2. The van der Waals surface area contributed by atoms with Crippen molar-refractivity contribution in [1.82, 2.24) is 10.6 Å². The van der Waals surface area contributed by atoms with E-state index in [0.717, 1.165) is 30.5 Å². The van der Waals surface area contributed by atoms with Crippen molar-refractivity contribution in [2.75, 3.05) is 19.8 Å². The van der Waals surface area contributed by atoms with Crippen LogP contribution in [0.1, 0.15) is 42.6 Å². The van der Waals surface area contributed by atoms with E-state index in [0.29, 0.717) is 19.8 Å². The van der Waals surface area contributed by atoms with Gasteiger partial charge in [-0.2, -0.15) is 0 Å². The molecule has 0 unspecified atom stereocenters. The summed E-state index contributed by atoms with van der Waals surface area (Å²) in [5, 5.41) is 5.46. The number of hydrogen-bond donors (Lipinski definition) is 2. The quantitative estimate of drug-likeness (QED) is 0.706. The molecule has 1 aliphatic heterocycles. The molecule has 0 spiro atoms. The summed E-state index contributed by atoms with van der Waals surface area (Å²) in [6, 6.07) is 12.2. The molecule has 1 saturated heterocycles. The summed E-state index contributed by atoms with van der Waals surface area (Å²) in [6.45, 7) is 5.11. The fourth-order valence-corrected chi connectivity index (χ4v) is 3.95. The Bertz CT molecular complexity index is 892. The zero-order valence-corrected chi connectivity index (χ0v) is 17.8. The minimum Gasteiger partial charge on any atom is -0.381 e. The lowest BCUT2D eigenvalue weighted by Gasteiger charge is -2.38. The number of halogens is 2. The summed E-state index contributed by atoms with van der Waals surface area (Å²) in [4.78, 5) is 25.5. The highest BCUT2D eigenvalue weighted by molar-refractivity contribution is 5.98. The highest BCUT2D eigenvalue weighted by Gasteiger charge is 2.36. The van der Waals surface area contributed by atoms with Gasteiger partial charge in [0, 0.05) is 25.2 Å². The molecule has 1 fully saturated rings. The number of nitrogens with one attached hydrogen (secondary N) is 2. The molecule has 0 bridgehead atoms. The summed E-state index contributed by atoms with van der Waals surface area (Å²) in [6.07, 6.45) is 1.52. The Kier molecular flexibility index (Phi) is 7.38. The fraction of sp³-hybridized carbons (Fsp3) is 0.417. The maximum Gasteiger partial charge on any atom is 0.257 e. The average Bonchev–Trinajstić information content (AvgIpc) is 2.77. The van der Waals surface area contributed by atoms with E-state index in [1.165, 1.54) is 6.07 Å². The summed E-state index contributed by atoms with van der Waals surface area (Å²) in [5.41, 5.74) is 0.168. The predicted octanol–water partition coefficient (Wildman–Crippen LogP) is 3.58. The SMILES string of the molecule is CC(C)[C@H](NC(=O)c1c(F)cccc1F)C(=O)NCC1(c2ccccc2)CCOCC1. The van der Waals surface area contributed by atoms with E-state index in [1.807, 2.05) is 30.3 Å². The van der Waals surface area contributed by atoms with Gasteiger partial charge in [-0.15, -0.1) is 0 Å². The largest absolute Gasteiger partial charge is 0.381 e. The van der Waals surface area contributed by atoms with Gasteiger partial charge in [0.05, 0.1) is 0 Å². The molecule has 2 amide bonds. The molecule has 166 valence electrons. The van der Waals surface area contributed by atoms with Crippen LogP contribution in [0.5, 0.6) is 0 Å². The standard InChI is InChI=1S/C24H28F2N2O3/c1-16(2)21(28-22(29)20-18(25)9-6-10-19(20)26)23(30)27-15-24(11-13-31-14-12-24)17-7-4-3-5-8-17/h3-10,16,21H,11-15H2,1-2H3,(H,27,30)(H,28,29)/t21-/m0/s1. The molecule has 0 radical (unpaired) electrons. The first kappa shape index (κ1) is 22.9. The van der Waals surface area contributed by atoms with Crippen LogP contribution in [0.3, 0.4) is 0 Å². The second-order valence-corrected chi connectivity index (χ2v) is 8.27. The lowest BCUT2D eigenvalue weighted by molar-refractivity contribution is -0.124. The van der Waals surface area contributed by atoms with E-state index < -0.39 is 29.1 Å². The van der Waals surface area contributed by atoms with Crippen LogP contribution in [0, 0.1) is 17.6 Å². The van der Waals surface area contributed by atoms with Gasteiger partial charge in [0.1, 0.15) is 23.2 Å². The monoisotopic (exact) mass is 430 g/mol. The third kappa shape index (κ3) is 5.28. The van der Waals surface area contributed by atoms with E-state index in [2.05, 4.69) is 10.6 Å². The Balaban J connectivity index is 1.73. The van der Waals surface area contributed by atoms with Gasteiger partial charge in [0.15, 0.2) is 0 Å². The second-order valence-electron chi connectivity index (χ2n) is 8.27. The van der Waals surface area contributed by atoms with Crippen LogP contribution in [0.15, 0.2) is 48.5 Å². The third-order valence-electron chi connectivity index (χ3n) is 5.86. The van der Waals surface area contributed by atoms with E-state index in [4.69, 9.17) is 4.74 Å². The predicted molar refractivity (Wildman–Crippen MR) is 114 cm³/mol. The smallest absolute Gasteiger partial charge is 0.257 e. The van der Waals surface area contributed by atoms with E-state index in [1.54, 1.807) is 13.8 Å². The number of ether oxygens (including phenoxy) is 1. The van der Waals surface area contributed by atoms with Crippen LogP contribution in [0.2, 0.25) is 0 Å². The lowest BCUT2D eigenvalue weighted by Crippen LogP contribution is -2.53. The molecular weight excluding hydrogens is 402 g/mol. The van der Waals surface area contributed by atoms with Gasteiger partial charge < -0.3 is 15.4 Å². The highest BCUT2D eigenvalue weighted by atomic mass is 19.1. The third-order valence-corrected chi connectivity index (χ3v) is 5.86. The molecule has 7 heteroatoms. The molecule has 1 atom stereocenters. The molecule has 2 aromatic rings. The lowest BCUT2D eigenvalue weighted by atomic mass is 9.74. The van der Waals surface area contributed by atoms with E-state index in [9.17, 15) is 18.4 Å². The summed E-state index contributed by atoms with van der Waals surface area (Å²) in [5.74, 6) is -3.55. The molecule has 1 aliphatic rings. The molecule has 3 rings (SSSR count). The molecule has 1 heterocycles. The van der Waals surface area contributed by atoms with Crippen molar-refractivity contribution < 1.29 is 23.1 Å². The molecule has 2 aromatic carbocycles. The van der Waals surface area contributed by atoms with Crippen LogP contribution in [-0.2, 0) is 14.9 Å². The van der Waals surface area contributed by atoms with Crippen LogP contribution in [-0.4, -0.2) is 37.6 Å². The van der Waals surface area contributed by atoms with Crippen molar-refractivity contribution in [3.63, 3.8) is 0 Å². The maximum atomic E-state index is 14.0. The Morgan fingerprint density at radius 3 is 2.19 bits per heavy atom. The number of benzene rings is 2. The zero-order chi connectivity index (χ0) is 22.4. The average molecular weight is 430 g/mol. The van der Waals surface area contributed by atoms with Gasteiger partial charge in [-0.05, 0) is 36.5 Å². The van der Waals surface area contributed by atoms with Crippen LogP contribution in [0.4, 0.5) is 8.78 Å². The Morgan fingerprint density at radius 1 is 1.00 bits per heavy atom. The first-order chi connectivity index (χ1) is 14.8. The van der Waals surface area contributed by atoms with Crippen molar-refractivity contribution in [3.05, 3.63) is 71.3 Å². The zero-order valence-electron chi connectivity index (χ0n) is 17.8. The van der Waals surface area contributed by atoms with Crippen LogP contribution < -0.4 is 10.6 Å². The van der Waals surface area contributed by atoms with Crippen LogP contribution >= 0.6 is 0 Å². The highest BCUT2D eigenvalue weighted by Crippen LogP contribution is 2.34. The van der Waals surface area contributed by atoms with Gasteiger partial charge in [0.25, 0.3) is 5.91 Å². The minimum atomic E-state index is -0.967. The maximum absolute atomic E-state index is 14.0. The molecule has 0 saturated carbocycles. The van der Waals surface area contributed by atoms with E-state index >= 15 is 0 Å². The number of carbonyl (C=O) groups is 2. The second kappa shape index (κ2) is 10.0. The first-order valence-electron chi connectivity index (χ1n) is 10.5. The summed E-state index contributed by atoms with van der Waals surface area (Å²) in [7, 11) is 0. The molecule has 31 heavy (non-hydrogen) atoms. The number of hydrogen-bond acceptors (Lipinski definition) is 3. The Labute approximate surface area is 181 Å². The number of rotatable bonds is 7. The van der Waals surface area contributed by atoms with Gasteiger partial charge >= 0.3 is 0 Å². The van der Waals surface area contributed by atoms with Crippen molar-refractivity contribution in [3.8, 4) is 0 Å². The Morgan fingerprint density at radius 2 is 1.61 bits per heavy atom. The summed E-state index contributed by atoms with van der Waals surface area (Å²) < 4.78 is 33.5. The van der Waals surface area contributed by atoms with Gasteiger partial charge in [-0.25, -0.2) is 8.78 Å².